The summed E-state index contributed by atoms with van der Waals surface area (Å²) in [6.07, 6.45) is 0.274. The van der Waals surface area contributed by atoms with Crippen LogP contribution in [-0.4, -0.2) is 17.6 Å². The van der Waals surface area contributed by atoms with Gasteiger partial charge in [0.2, 0.25) is 5.91 Å². The van der Waals surface area contributed by atoms with E-state index in [4.69, 9.17) is 10.8 Å². The lowest BCUT2D eigenvalue weighted by molar-refractivity contribution is -0.119. The van der Waals surface area contributed by atoms with Crippen LogP contribution in [0.1, 0.15) is 27.2 Å². The molecule has 0 aromatic heterocycles. The van der Waals surface area contributed by atoms with Crippen molar-refractivity contribution in [3.63, 3.8) is 0 Å². The molecule has 0 heterocycles. The zero-order chi connectivity index (χ0) is 8.57. The first-order valence-electron chi connectivity index (χ1n) is 3.56. The molecule has 0 spiro atoms. The van der Waals surface area contributed by atoms with Gasteiger partial charge >= 0.3 is 0 Å². The summed E-state index contributed by atoms with van der Waals surface area (Å²) >= 11 is 0. The van der Waals surface area contributed by atoms with Crippen molar-refractivity contribution in [3.05, 3.63) is 0 Å². The number of hydrogen-bond donors (Lipinski definition) is 2. The highest BCUT2D eigenvalue weighted by atomic mass is 16.3. The molecular formula is C7H17NO2. The number of carbonyl (C=O) groups excluding carboxylic acids is 1. The first kappa shape index (κ1) is 12.1. The van der Waals surface area contributed by atoms with Gasteiger partial charge in [-0.3, -0.25) is 4.79 Å². The van der Waals surface area contributed by atoms with Crippen LogP contribution < -0.4 is 5.73 Å². The third kappa shape index (κ3) is 10.4. The summed E-state index contributed by atoms with van der Waals surface area (Å²) in [7, 11) is 0. The molecule has 0 saturated carbocycles. The van der Waals surface area contributed by atoms with Gasteiger partial charge in [-0.15, -0.1) is 0 Å². The molecule has 0 rings (SSSR count). The van der Waals surface area contributed by atoms with Gasteiger partial charge in [-0.05, 0) is 5.92 Å². The van der Waals surface area contributed by atoms with Crippen molar-refractivity contribution in [2.75, 3.05) is 6.61 Å². The molecule has 1 atom stereocenters. The fourth-order valence-corrected chi connectivity index (χ4v) is 0.408. The van der Waals surface area contributed by atoms with Crippen molar-refractivity contribution < 1.29 is 9.90 Å². The smallest absolute Gasteiger partial charge is 0.217 e. The largest absolute Gasteiger partial charge is 0.396 e. The number of primary amides is 1. The number of aliphatic hydroxyl groups excluding tert-OH is 1. The highest BCUT2D eigenvalue weighted by Gasteiger charge is 2.02. The van der Waals surface area contributed by atoms with Crippen LogP contribution in [0.25, 0.3) is 0 Å². The van der Waals surface area contributed by atoms with Crippen LogP contribution in [-0.2, 0) is 4.79 Å². The fourth-order valence-electron chi connectivity index (χ4n) is 0.408. The van der Waals surface area contributed by atoms with Crippen molar-refractivity contribution in [2.45, 2.75) is 27.2 Å². The number of nitrogens with two attached hydrogens (primary N) is 1. The van der Waals surface area contributed by atoms with Gasteiger partial charge in [0, 0.05) is 13.0 Å². The monoisotopic (exact) mass is 147 g/mol. The Balaban J connectivity index is 0. The summed E-state index contributed by atoms with van der Waals surface area (Å²) < 4.78 is 0. The summed E-state index contributed by atoms with van der Waals surface area (Å²) in [5.74, 6) is -0.348. The molecular weight excluding hydrogens is 130 g/mol. The summed E-state index contributed by atoms with van der Waals surface area (Å²) in [6, 6.07) is 0. The Hall–Kier alpha value is -0.570. The predicted molar refractivity (Wildman–Crippen MR) is 41.4 cm³/mol. The zero-order valence-corrected chi connectivity index (χ0v) is 6.92. The molecule has 1 amide bonds. The Bertz CT molecular complexity index is 83.7. The predicted octanol–water partition coefficient (Wildman–Crippen LogP) is 0.516. The summed E-state index contributed by atoms with van der Waals surface area (Å²) in [6.45, 7) is 5.80. The lowest BCUT2D eigenvalue weighted by Gasteiger charge is -2.00. The van der Waals surface area contributed by atoms with Crippen LogP contribution in [0.2, 0.25) is 0 Å². The van der Waals surface area contributed by atoms with Crippen LogP contribution in [0, 0.1) is 5.92 Å². The first-order valence-corrected chi connectivity index (χ1v) is 3.56. The van der Waals surface area contributed by atoms with Gasteiger partial charge in [-0.25, -0.2) is 0 Å². The number of rotatable bonds is 3. The minimum Gasteiger partial charge on any atom is -0.396 e. The van der Waals surface area contributed by atoms with Crippen LogP contribution >= 0.6 is 0 Å². The molecule has 0 aliphatic carbocycles. The van der Waals surface area contributed by atoms with E-state index in [-0.39, 0.29) is 24.9 Å². The number of hydrogen-bond acceptors (Lipinski definition) is 2. The molecule has 0 aromatic rings. The Morgan fingerprint density at radius 1 is 1.60 bits per heavy atom. The van der Waals surface area contributed by atoms with E-state index >= 15 is 0 Å². The molecule has 1 unspecified atom stereocenters. The molecule has 10 heavy (non-hydrogen) atoms. The first-order chi connectivity index (χ1) is 4.66. The van der Waals surface area contributed by atoms with Gasteiger partial charge in [0.05, 0.1) is 0 Å². The van der Waals surface area contributed by atoms with Crippen LogP contribution in [0.3, 0.4) is 0 Å². The van der Waals surface area contributed by atoms with Crippen LogP contribution in [0.4, 0.5) is 0 Å². The van der Waals surface area contributed by atoms with Crippen LogP contribution in [0.15, 0.2) is 0 Å². The highest BCUT2D eigenvalue weighted by molar-refractivity contribution is 5.73. The summed E-state index contributed by atoms with van der Waals surface area (Å²) in [5, 5.41) is 8.38. The van der Waals surface area contributed by atoms with Crippen molar-refractivity contribution in [2.24, 2.45) is 11.7 Å². The maximum atomic E-state index is 10.1. The van der Waals surface area contributed by atoms with E-state index in [0.717, 1.165) is 0 Å². The second-order valence-corrected chi connectivity index (χ2v) is 1.96. The molecule has 0 bridgehead atoms. The average Bonchev–Trinajstić information content (AvgIpc) is 1.91. The molecule has 3 heteroatoms. The Labute approximate surface area is 62.2 Å². The third-order valence-corrected chi connectivity index (χ3v) is 0.861. The average molecular weight is 147 g/mol. The maximum Gasteiger partial charge on any atom is 0.217 e. The van der Waals surface area contributed by atoms with E-state index in [1.54, 1.807) is 6.92 Å². The van der Waals surface area contributed by atoms with E-state index in [1.165, 1.54) is 0 Å². The maximum absolute atomic E-state index is 10.1. The van der Waals surface area contributed by atoms with Gasteiger partial charge in [0.25, 0.3) is 0 Å². The molecule has 0 radical (unpaired) electrons. The van der Waals surface area contributed by atoms with E-state index in [1.807, 2.05) is 13.8 Å². The molecule has 3 N–H and O–H groups in total. The van der Waals surface area contributed by atoms with Gasteiger partial charge in [-0.1, -0.05) is 20.8 Å². The molecule has 0 aromatic carbocycles. The summed E-state index contributed by atoms with van der Waals surface area (Å²) in [4.78, 5) is 10.1. The Morgan fingerprint density at radius 3 is 2.10 bits per heavy atom. The standard InChI is InChI=1S/C5H11NO2.C2H6/c1-4(3-7)2-5(6)8;1-2/h4,7H,2-3H2,1H3,(H2,6,8);1-2H3. The molecule has 0 saturated heterocycles. The molecule has 62 valence electrons. The summed E-state index contributed by atoms with van der Waals surface area (Å²) in [5.41, 5.74) is 4.82. The topological polar surface area (TPSA) is 63.3 Å². The quantitative estimate of drug-likeness (QED) is 0.611. The van der Waals surface area contributed by atoms with Crippen molar-refractivity contribution in [1.29, 1.82) is 0 Å². The Morgan fingerprint density at radius 2 is 2.00 bits per heavy atom. The van der Waals surface area contributed by atoms with Crippen molar-refractivity contribution >= 4 is 5.91 Å². The Kier molecular flexibility index (Phi) is 10.2. The minimum absolute atomic E-state index is 0.00694. The zero-order valence-electron chi connectivity index (χ0n) is 6.92. The molecule has 3 nitrogen and oxygen atoms in total. The number of carbonyl (C=O) groups is 1. The fraction of sp³-hybridized carbons (Fsp3) is 0.857. The van der Waals surface area contributed by atoms with E-state index in [9.17, 15) is 4.79 Å². The third-order valence-electron chi connectivity index (χ3n) is 0.861. The number of aliphatic hydroxyl groups is 1. The normalized spacial score (nSPS) is 11.2. The number of amides is 1. The van der Waals surface area contributed by atoms with Gasteiger partial charge in [0.1, 0.15) is 0 Å². The van der Waals surface area contributed by atoms with Crippen molar-refractivity contribution in [3.8, 4) is 0 Å². The second-order valence-electron chi connectivity index (χ2n) is 1.96. The van der Waals surface area contributed by atoms with E-state index < -0.39 is 0 Å². The van der Waals surface area contributed by atoms with Gasteiger partial charge in [-0.2, -0.15) is 0 Å². The van der Waals surface area contributed by atoms with E-state index in [0.29, 0.717) is 0 Å². The SMILES string of the molecule is CC.CC(CO)CC(N)=O. The van der Waals surface area contributed by atoms with Crippen molar-refractivity contribution in [1.82, 2.24) is 0 Å². The minimum atomic E-state index is -0.355. The van der Waals surface area contributed by atoms with Gasteiger partial charge in [0.15, 0.2) is 0 Å². The van der Waals surface area contributed by atoms with Crippen LogP contribution in [0.5, 0.6) is 0 Å². The van der Waals surface area contributed by atoms with Gasteiger partial charge < -0.3 is 10.8 Å². The molecule has 0 aliphatic rings. The lowest BCUT2D eigenvalue weighted by Crippen LogP contribution is -2.16. The molecule has 0 fully saturated rings. The highest BCUT2D eigenvalue weighted by Crippen LogP contribution is 1.96. The second kappa shape index (κ2) is 8.43. The lowest BCUT2D eigenvalue weighted by atomic mass is 10.1. The molecule has 0 aliphatic heterocycles. The van der Waals surface area contributed by atoms with E-state index in [2.05, 4.69) is 0 Å².